The lowest BCUT2D eigenvalue weighted by Gasteiger charge is -2.15. The summed E-state index contributed by atoms with van der Waals surface area (Å²) in [5.74, 6) is -0.346. The maximum absolute atomic E-state index is 13.9. The largest absolute Gasteiger partial charge is 0.323 e. The molecule has 3 rings (SSSR count). The molecule has 2 aromatic rings. The molecule has 5 heteroatoms. The first kappa shape index (κ1) is 13.0. The maximum atomic E-state index is 13.9. The molecule has 0 bridgehead atoms. The summed E-state index contributed by atoms with van der Waals surface area (Å²) in [6.07, 6.45) is 3.62. The predicted octanol–water partition coefficient (Wildman–Crippen LogP) is 3.86. The number of hydrogen-bond acceptors (Lipinski definition) is 3. The van der Waals surface area contributed by atoms with E-state index in [-0.39, 0.29) is 16.9 Å². The summed E-state index contributed by atoms with van der Waals surface area (Å²) in [5, 5.41) is 1.08. The second kappa shape index (κ2) is 5.19. The standard InChI is InChI=1S/C14H14ClFN2S/c15-9-4-1-3-8(13(9)16)7-12-18-14-10(17)5-2-6-11(14)19-12/h1,3-4,10H,2,5-7,17H2. The summed E-state index contributed by atoms with van der Waals surface area (Å²) >= 11 is 7.44. The quantitative estimate of drug-likeness (QED) is 0.914. The van der Waals surface area contributed by atoms with Crippen LogP contribution in [0.25, 0.3) is 0 Å². The van der Waals surface area contributed by atoms with E-state index in [2.05, 4.69) is 4.98 Å². The number of rotatable bonds is 2. The Balaban J connectivity index is 1.90. The van der Waals surface area contributed by atoms with Gasteiger partial charge >= 0.3 is 0 Å². The number of benzene rings is 1. The molecule has 0 fully saturated rings. The van der Waals surface area contributed by atoms with Crippen molar-refractivity contribution < 1.29 is 4.39 Å². The predicted molar refractivity (Wildman–Crippen MR) is 76.2 cm³/mol. The summed E-state index contributed by atoms with van der Waals surface area (Å²) in [4.78, 5) is 5.84. The van der Waals surface area contributed by atoms with Gasteiger partial charge in [0.2, 0.25) is 0 Å². The van der Waals surface area contributed by atoms with Crippen LogP contribution >= 0.6 is 22.9 Å². The highest BCUT2D eigenvalue weighted by molar-refractivity contribution is 7.11. The second-order valence-electron chi connectivity index (χ2n) is 4.80. The number of nitrogens with two attached hydrogens (primary N) is 1. The Labute approximate surface area is 120 Å². The Hall–Kier alpha value is -0.970. The first-order valence-electron chi connectivity index (χ1n) is 6.32. The normalized spacial score (nSPS) is 18.4. The number of halogens is 2. The van der Waals surface area contributed by atoms with E-state index in [1.807, 2.05) is 0 Å². The van der Waals surface area contributed by atoms with Gasteiger partial charge in [-0.3, -0.25) is 0 Å². The van der Waals surface area contributed by atoms with Gasteiger partial charge in [-0.1, -0.05) is 23.7 Å². The lowest BCUT2D eigenvalue weighted by molar-refractivity contribution is 0.562. The van der Waals surface area contributed by atoms with Gasteiger partial charge in [0.1, 0.15) is 5.82 Å². The minimum absolute atomic E-state index is 0.0398. The minimum atomic E-state index is -0.346. The van der Waals surface area contributed by atoms with Crippen molar-refractivity contribution in [1.82, 2.24) is 4.98 Å². The van der Waals surface area contributed by atoms with Crippen LogP contribution < -0.4 is 5.73 Å². The van der Waals surface area contributed by atoms with Gasteiger partial charge in [0.25, 0.3) is 0 Å². The van der Waals surface area contributed by atoms with Gasteiger partial charge in [0, 0.05) is 17.3 Å². The molecule has 1 aromatic carbocycles. The Morgan fingerprint density at radius 2 is 2.32 bits per heavy atom. The number of fused-ring (bicyclic) bond motifs is 1. The maximum Gasteiger partial charge on any atom is 0.145 e. The summed E-state index contributed by atoms with van der Waals surface area (Å²) < 4.78 is 13.9. The van der Waals surface area contributed by atoms with Crippen molar-refractivity contribution in [1.29, 1.82) is 0 Å². The van der Waals surface area contributed by atoms with Crippen molar-refractivity contribution in [3.05, 3.63) is 50.2 Å². The van der Waals surface area contributed by atoms with E-state index in [4.69, 9.17) is 17.3 Å². The molecule has 1 heterocycles. The van der Waals surface area contributed by atoms with E-state index < -0.39 is 0 Å². The molecule has 0 saturated carbocycles. The van der Waals surface area contributed by atoms with Crippen LogP contribution in [0.5, 0.6) is 0 Å². The fraction of sp³-hybridized carbons (Fsp3) is 0.357. The summed E-state index contributed by atoms with van der Waals surface area (Å²) in [6, 6.07) is 5.11. The molecule has 0 radical (unpaired) electrons. The number of aromatic nitrogens is 1. The van der Waals surface area contributed by atoms with E-state index in [0.29, 0.717) is 12.0 Å². The summed E-state index contributed by atoms with van der Waals surface area (Å²) in [6.45, 7) is 0. The molecule has 2 nitrogen and oxygen atoms in total. The van der Waals surface area contributed by atoms with Gasteiger partial charge in [-0.15, -0.1) is 11.3 Å². The molecule has 0 amide bonds. The zero-order valence-electron chi connectivity index (χ0n) is 10.3. The van der Waals surface area contributed by atoms with Crippen LogP contribution in [-0.2, 0) is 12.8 Å². The summed E-state index contributed by atoms with van der Waals surface area (Å²) in [7, 11) is 0. The molecule has 1 aliphatic carbocycles. The second-order valence-corrected chi connectivity index (χ2v) is 6.38. The average Bonchev–Trinajstić information content (AvgIpc) is 2.79. The smallest absolute Gasteiger partial charge is 0.145 e. The molecular formula is C14H14ClFN2S. The Bertz CT molecular complexity index is 611. The first-order valence-corrected chi connectivity index (χ1v) is 7.51. The highest BCUT2D eigenvalue weighted by atomic mass is 35.5. The third-order valence-electron chi connectivity index (χ3n) is 3.42. The number of thiazole rings is 1. The number of nitrogens with zero attached hydrogens (tertiary/aromatic N) is 1. The van der Waals surface area contributed by atoms with Crippen molar-refractivity contribution >= 4 is 22.9 Å². The van der Waals surface area contributed by atoms with Crippen LogP contribution in [0.15, 0.2) is 18.2 Å². The molecular weight excluding hydrogens is 283 g/mol. The lowest BCUT2D eigenvalue weighted by Crippen LogP contribution is -2.16. The summed E-state index contributed by atoms with van der Waals surface area (Å²) in [5.41, 5.74) is 7.65. The third kappa shape index (κ3) is 2.53. The fourth-order valence-corrected chi connectivity index (χ4v) is 3.82. The topological polar surface area (TPSA) is 38.9 Å². The third-order valence-corrected chi connectivity index (χ3v) is 4.84. The molecule has 0 spiro atoms. The van der Waals surface area contributed by atoms with Crippen LogP contribution in [-0.4, -0.2) is 4.98 Å². The van der Waals surface area contributed by atoms with E-state index in [9.17, 15) is 4.39 Å². The molecule has 0 aliphatic heterocycles. The zero-order chi connectivity index (χ0) is 13.4. The van der Waals surface area contributed by atoms with Crippen molar-refractivity contribution in [3.8, 4) is 0 Å². The van der Waals surface area contributed by atoms with Crippen molar-refractivity contribution in [2.45, 2.75) is 31.7 Å². The van der Waals surface area contributed by atoms with Crippen LogP contribution in [0.4, 0.5) is 4.39 Å². The molecule has 1 unspecified atom stereocenters. The van der Waals surface area contributed by atoms with E-state index in [1.54, 1.807) is 29.5 Å². The van der Waals surface area contributed by atoms with Gasteiger partial charge in [-0.2, -0.15) is 0 Å². The molecule has 100 valence electrons. The van der Waals surface area contributed by atoms with Gasteiger partial charge in [0.15, 0.2) is 0 Å². The van der Waals surface area contributed by atoms with Gasteiger partial charge in [0.05, 0.1) is 15.7 Å². The molecule has 1 atom stereocenters. The van der Waals surface area contributed by atoms with Crippen molar-refractivity contribution in [2.75, 3.05) is 0 Å². The monoisotopic (exact) mass is 296 g/mol. The number of hydrogen-bond donors (Lipinski definition) is 1. The van der Waals surface area contributed by atoms with Crippen molar-refractivity contribution in [2.24, 2.45) is 5.73 Å². The minimum Gasteiger partial charge on any atom is -0.323 e. The van der Waals surface area contributed by atoms with E-state index in [1.165, 1.54) is 4.88 Å². The van der Waals surface area contributed by atoms with Crippen LogP contribution in [0, 0.1) is 5.82 Å². The highest BCUT2D eigenvalue weighted by Crippen LogP contribution is 2.33. The van der Waals surface area contributed by atoms with Crippen LogP contribution in [0.1, 0.15) is 40.0 Å². The fourth-order valence-electron chi connectivity index (χ4n) is 2.43. The molecule has 2 N–H and O–H groups in total. The lowest BCUT2D eigenvalue weighted by atomic mass is 9.99. The molecule has 1 aromatic heterocycles. The van der Waals surface area contributed by atoms with Crippen molar-refractivity contribution in [3.63, 3.8) is 0 Å². The van der Waals surface area contributed by atoms with E-state index >= 15 is 0 Å². The van der Waals surface area contributed by atoms with Crippen LogP contribution in [0.3, 0.4) is 0 Å². The van der Waals surface area contributed by atoms with Gasteiger partial charge < -0.3 is 5.73 Å². The molecule has 19 heavy (non-hydrogen) atoms. The average molecular weight is 297 g/mol. The SMILES string of the molecule is NC1CCCc2sc(Cc3cccc(Cl)c3F)nc21. The zero-order valence-corrected chi connectivity index (χ0v) is 11.9. The highest BCUT2D eigenvalue weighted by Gasteiger charge is 2.22. The van der Waals surface area contributed by atoms with Gasteiger partial charge in [-0.25, -0.2) is 9.37 Å². The van der Waals surface area contributed by atoms with Gasteiger partial charge in [-0.05, 0) is 30.9 Å². The first-order chi connectivity index (χ1) is 9.15. The Morgan fingerprint density at radius 1 is 1.47 bits per heavy atom. The molecule has 0 saturated heterocycles. The molecule has 1 aliphatic rings. The van der Waals surface area contributed by atoms with Crippen LogP contribution in [0.2, 0.25) is 5.02 Å². The van der Waals surface area contributed by atoms with E-state index in [0.717, 1.165) is 30.0 Å². The number of aryl methyl sites for hydroxylation is 1. The Kier molecular flexibility index (Phi) is 3.56. The Morgan fingerprint density at radius 3 is 3.11 bits per heavy atom.